The van der Waals surface area contributed by atoms with Gasteiger partial charge in [-0.3, -0.25) is 9.69 Å². The van der Waals surface area contributed by atoms with Gasteiger partial charge in [0.1, 0.15) is 12.6 Å². The van der Waals surface area contributed by atoms with Gasteiger partial charge in [-0.25, -0.2) is 4.79 Å². The third-order valence-electron chi connectivity index (χ3n) is 4.27. The van der Waals surface area contributed by atoms with E-state index in [1.54, 1.807) is 23.9 Å². The SMILES string of the molecule is CCC[C@@H]1CC[C@@H](C(=O)N(C)C)N1C(=O)OCc1ccccc1. The standard InChI is InChI=1S/C18H26N2O3/c1-4-8-15-11-12-16(17(21)19(2)3)20(15)18(22)23-13-14-9-6-5-7-10-14/h5-7,9-10,15-16H,4,8,11-13H2,1-3H3/t15-,16+/m1/s1. The minimum Gasteiger partial charge on any atom is -0.445 e. The van der Waals surface area contributed by atoms with E-state index in [4.69, 9.17) is 4.74 Å². The molecule has 1 aliphatic heterocycles. The Morgan fingerprint density at radius 1 is 1.22 bits per heavy atom. The first kappa shape index (κ1) is 17.3. The highest BCUT2D eigenvalue weighted by Gasteiger charge is 2.41. The maximum absolute atomic E-state index is 12.6. The Bertz CT molecular complexity index is 530. The molecule has 0 bridgehead atoms. The van der Waals surface area contributed by atoms with Gasteiger partial charge in [0.05, 0.1) is 0 Å². The van der Waals surface area contributed by atoms with Crippen molar-refractivity contribution in [2.45, 2.75) is 51.3 Å². The topological polar surface area (TPSA) is 49.9 Å². The summed E-state index contributed by atoms with van der Waals surface area (Å²) >= 11 is 0. The molecule has 23 heavy (non-hydrogen) atoms. The Morgan fingerprint density at radius 3 is 2.52 bits per heavy atom. The summed E-state index contributed by atoms with van der Waals surface area (Å²) in [5.41, 5.74) is 0.947. The van der Waals surface area contributed by atoms with Gasteiger partial charge in [0, 0.05) is 20.1 Å². The van der Waals surface area contributed by atoms with Gasteiger partial charge in [0.2, 0.25) is 5.91 Å². The molecule has 0 aromatic heterocycles. The summed E-state index contributed by atoms with van der Waals surface area (Å²) < 4.78 is 5.46. The number of nitrogens with zero attached hydrogens (tertiary/aromatic N) is 2. The maximum atomic E-state index is 12.6. The van der Waals surface area contributed by atoms with Crippen molar-refractivity contribution in [2.75, 3.05) is 14.1 Å². The summed E-state index contributed by atoms with van der Waals surface area (Å²) in [7, 11) is 3.45. The van der Waals surface area contributed by atoms with E-state index in [0.717, 1.165) is 24.8 Å². The fourth-order valence-corrected chi connectivity index (χ4v) is 3.11. The van der Waals surface area contributed by atoms with E-state index in [1.807, 2.05) is 30.3 Å². The van der Waals surface area contributed by atoms with Gasteiger partial charge in [-0.05, 0) is 24.8 Å². The third kappa shape index (κ3) is 4.24. The van der Waals surface area contributed by atoms with Crippen molar-refractivity contribution in [3.05, 3.63) is 35.9 Å². The van der Waals surface area contributed by atoms with E-state index in [1.165, 1.54) is 0 Å². The molecule has 1 saturated heterocycles. The lowest BCUT2D eigenvalue weighted by molar-refractivity contribution is -0.133. The van der Waals surface area contributed by atoms with Crippen molar-refractivity contribution in [3.8, 4) is 0 Å². The number of hydrogen-bond acceptors (Lipinski definition) is 3. The van der Waals surface area contributed by atoms with Gasteiger partial charge >= 0.3 is 6.09 Å². The number of ether oxygens (including phenoxy) is 1. The normalized spacial score (nSPS) is 20.4. The monoisotopic (exact) mass is 318 g/mol. The van der Waals surface area contributed by atoms with Crippen LogP contribution in [0.2, 0.25) is 0 Å². The Morgan fingerprint density at radius 2 is 1.91 bits per heavy atom. The molecule has 1 heterocycles. The highest BCUT2D eigenvalue weighted by molar-refractivity contribution is 5.86. The Balaban J connectivity index is 2.06. The zero-order chi connectivity index (χ0) is 16.8. The zero-order valence-electron chi connectivity index (χ0n) is 14.2. The van der Waals surface area contributed by atoms with Crippen molar-refractivity contribution in [1.29, 1.82) is 0 Å². The molecule has 126 valence electrons. The highest BCUT2D eigenvalue weighted by atomic mass is 16.6. The first-order valence-electron chi connectivity index (χ1n) is 8.24. The van der Waals surface area contributed by atoms with Crippen LogP contribution in [0.4, 0.5) is 4.79 Å². The van der Waals surface area contributed by atoms with Gasteiger partial charge in [-0.2, -0.15) is 0 Å². The van der Waals surface area contributed by atoms with Crippen LogP contribution in [0.5, 0.6) is 0 Å². The van der Waals surface area contributed by atoms with Crippen LogP contribution in [-0.2, 0) is 16.1 Å². The van der Waals surface area contributed by atoms with Crippen LogP contribution in [0.1, 0.15) is 38.2 Å². The molecule has 1 fully saturated rings. The molecule has 0 N–H and O–H groups in total. The van der Waals surface area contributed by atoms with Crippen LogP contribution in [0.25, 0.3) is 0 Å². The lowest BCUT2D eigenvalue weighted by atomic mass is 10.1. The molecule has 0 unspecified atom stereocenters. The minimum absolute atomic E-state index is 0.0275. The van der Waals surface area contributed by atoms with Gasteiger partial charge in [-0.1, -0.05) is 43.7 Å². The molecular weight excluding hydrogens is 292 g/mol. The highest BCUT2D eigenvalue weighted by Crippen LogP contribution is 2.29. The molecule has 0 radical (unpaired) electrons. The number of hydrogen-bond donors (Lipinski definition) is 0. The second-order valence-electron chi connectivity index (χ2n) is 6.22. The van der Waals surface area contributed by atoms with Gasteiger partial charge in [-0.15, -0.1) is 0 Å². The lowest BCUT2D eigenvalue weighted by Crippen LogP contribution is -2.48. The Hall–Kier alpha value is -2.04. The van der Waals surface area contributed by atoms with Crippen molar-refractivity contribution >= 4 is 12.0 Å². The molecule has 0 spiro atoms. The zero-order valence-corrected chi connectivity index (χ0v) is 14.2. The molecule has 1 aromatic carbocycles. The predicted molar refractivity (Wildman–Crippen MR) is 88.9 cm³/mol. The molecule has 2 atom stereocenters. The summed E-state index contributed by atoms with van der Waals surface area (Å²) in [6, 6.07) is 9.29. The second-order valence-corrected chi connectivity index (χ2v) is 6.22. The molecule has 2 amide bonds. The van der Waals surface area contributed by atoms with E-state index >= 15 is 0 Å². The molecule has 0 aliphatic carbocycles. The molecular formula is C18H26N2O3. The first-order chi connectivity index (χ1) is 11.0. The number of rotatable bonds is 5. The van der Waals surface area contributed by atoms with Crippen LogP contribution in [0.15, 0.2) is 30.3 Å². The first-order valence-corrected chi connectivity index (χ1v) is 8.24. The van der Waals surface area contributed by atoms with Gasteiger partial charge in [0.25, 0.3) is 0 Å². The average molecular weight is 318 g/mol. The molecule has 5 nitrogen and oxygen atoms in total. The van der Waals surface area contributed by atoms with E-state index in [9.17, 15) is 9.59 Å². The largest absolute Gasteiger partial charge is 0.445 e. The number of carbonyl (C=O) groups excluding carboxylic acids is 2. The van der Waals surface area contributed by atoms with Gasteiger partial charge in [0.15, 0.2) is 0 Å². The van der Waals surface area contributed by atoms with Crippen LogP contribution < -0.4 is 0 Å². The molecule has 1 aliphatic rings. The van der Waals surface area contributed by atoms with E-state index in [2.05, 4.69) is 6.92 Å². The number of likely N-dealkylation sites (tertiary alicyclic amines) is 1. The summed E-state index contributed by atoms with van der Waals surface area (Å²) in [6.45, 7) is 2.33. The Labute approximate surface area is 138 Å². The van der Waals surface area contributed by atoms with Crippen molar-refractivity contribution in [1.82, 2.24) is 9.80 Å². The fraction of sp³-hybridized carbons (Fsp3) is 0.556. The van der Waals surface area contributed by atoms with Crippen molar-refractivity contribution < 1.29 is 14.3 Å². The number of amides is 2. The van der Waals surface area contributed by atoms with Crippen LogP contribution >= 0.6 is 0 Å². The number of carbonyl (C=O) groups is 2. The van der Waals surface area contributed by atoms with Gasteiger partial charge < -0.3 is 9.64 Å². The smallest absolute Gasteiger partial charge is 0.411 e. The van der Waals surface area contributed by atoms with Crippen LogP contribution in [0.3, 0.4) is 0 Å². The number of likely N-dealkylation sites (N-methyl/N-ethyl adjacent to an activating group) is 1. The predicted octanol–water partition coefficient (Wildman–Crippen LogP) is 3.04. The fourth-order valence-electron chi connectivity index (χ4n) is 3.11. The molecule has 5 heteroatoms. The molecule has 1 aromatic rings. The minimum atomic E-state index is -0.398. The summed E-state index contributed by atoms with van der Waals surface area (Å²) in [5.74, 6) is -0.0275. The molecule has 0 saturated carbocycles. The summed E-state index contributed by atoms with van der Waals surface area (Å²) in [5, 5.41) is 0. The number of benzene rings is 1. The second kappa shape index (κ2) is 7.99. The Kier molecular flexibility index (Phi) is 6.02. The molecule has 2 rings (SSSR count). The van der Waals surface area contributed by atoms with Crippen LogP contribution in [0, 0.1) is 0 Å². The summed E-state index contributed by atoms with van der Waals surface area (Å²) in [4.78, 5) is 28.1. The lowest BCUT2D eigenvalue weighted by Gasteiger charge is -2.30. The maximum Gasteiger partial charge on any atom is 0.411 e. The quantitative estimate of drug-likeness (QED) is 0.838. The average Bonchev–Trinajstić information content (AvgIpc) is 2.96. The third-order valence-corrected chi connectivity index (χ3v) is 4.27. The van der Waals surface area contributed by atoms with Crippen molar-refractivity contribution in [2.24, 2.45) is 0 Å². The van der Waals surface area contributed by atoms with E-state index in [0.29, 0.717) is 6.42 Å². The van der Waals surface area contributed by atoms with E-state index < -0.39 is 6.04 Å². The van der Waals surface area contributed by atoms with E-state index in [-0.39, 0.29) is 24.6 Å². The summed E-state index contributed by atoms with van der Waals surface area (Å²) in [6.07, 6.45) is 3.07. The van der Waals surface area contributed by atoms with Crippen LogP contribution in [-0.4, -0.2) is 48.0 Å². The van der Waals surface area contributed by atoms with Crippen molar-refractivity contribution in [3.63, 3.8) is 0 Å².